The van der Waals surface area contributed by atoms with Gasteiger partial charge in [0.25, 0.3) is 0 Å². The van der Waals surface area contributed by atoms with Crippen LogP contribution < -0.4 is 11.1 Å². The van der Waals surface area contributed by atoms with E-state index in [1.54, 1.807) is 6.92 Å². The third-order valence-corrected chi connectivity index (χ3v) is 2.18. The van der Waals surface area contributed by atoms with Crippen LogP contribution in [0.5, 0.6) is 0 Å². The SMILES string of the molecule is Cc1ccc(NC(=O)C(F)(F)C(F)(F)F)cc1N. The lowest BCUT2D eigenvalue weighted by atomic mass is 10.2. The molecule has 0 saturated heterocycles. The lowest BCUT2D eigenvalue weighted by molar-refractivity contribution is -0.267. The lowest BCUT2D eigenvalue weighted by Crippen LogP contribution is -2.47. The van der Waals surface area contributed by atoms with Crippen LogP contribution in [0.4, 0.5) is 33.3 Å². The maximum Gasteiger partial charge on any atom is 0.463 e. The molecule has 1 aromatic carbocycles. The molecule has 0 aliphatic rings. The average Bonchev–Trinajstić information content (AvgIpc) is 2.21. The van der Waals surface area contributed by atoms with Gasteiger partial charge in [0.2, 0.25) is 0 Å². The molecule has 0 spiro atoms. The van der Waals surface area contributed by atoms with Crippen LogP contribution in [0, 0.1) is 6.92 Å². The van der Waals surface area contributed by atoms with Gasteiger partial charge in [0.1, 0.15) is 0 Å². The number of benzene rings is 1. The minimum atomic E-state index is -5.94. The minimum Gasteiger partial charge on any atom is -0.398 e. The Balaban J connectivity index is 2.91. The number of hydrogen-bond acceptors (Lipinski definition) is 2. The van der Waals surface area contributed by atoms with E-state index in [-0.39, 0.29) is 11.4 Å². The summed E-state index contributed by atoms with van der Waals surface area (Å²) in [6.45, 7) is 1.62. The second-order valence-electron chi connectivity index (χ2n) is 3.60. The van der Waals surface area contributed by atoms with Crippen LogP contribution in [0.15, 0.2) is 18.2 Å². The maximum absolute atomic E-state index is 12.6. The van der Waals surface area contributed by atoms with Crippen molar-refractivity contribution < 1.29 is 26.7 Å². The van der Waals surface area contributed by atoms with E-state index in [4.69, 9.17) is 5.73 Å². The highest BCUT2D eigenvalue weighted by Crippen LogP contribution is 2.36. The highest BCUT2D eigenvalue weighted by atomic mass is 19.4. The molecule has 0 aromatic heterocycles. The van der Waals surface area contributed by atoms with Crippen molar-refractivity contribution in [2.75, 3.05) is 11.1 Å². The predicted molar refractivity (Wildman–Crippen MR) is 55.2 cm³/mol. The topological polar surface area (TPSA) is 55.1 Å². The Morgan fingerprint density at radius 3 is 2.22 bits per heavy atom. The Hall–Kier alpha value is -1.86. The van der Waals surface area contributed by atoms with Crippen LogP contribution in [-0.4, -0.2) is 18.0 Å². The molecule has 0 saturated carbocycles. The zero-order valence-corrected chi connectivity index (χ0v) is 9.11. The molecule has 100 valence electrons. The largest absolute Gasteiger partial charge is 0.463 e. The summed E-state index contributed by atoms with van der Waals surface area (Å²) in [5.74, 6) is -7.90. The van der Waals surface area contributed by atoms with Crippen molar-refractivity contribution in [2.24, 2.45) is 0 Å². The Labute approximate surface area is 98.8 Å². The molecule has 3 N–H and O–H groups in total. The molecule has 1 rings (SSSR count). The number of amides is 1. The zero-order valence-electron chi connectivity index (χ0n) is 9.11. The Morgan fingerprint density at radius 1 is 1.22 bits per heavy atom. The van der Waals surface area contributed by atoms with Crippen molar-refractivity contribution >= 4 is 17.3 Å². The molecule has 1 amide bonds. The van der Waals surface area contributed by atoms with Crippen molar-refractivity contribution in [3.63, 3.8) is 0 Å². The smallest absolute Gasteiger partial charge is 0.398 e. The molecule has 3 nitrogen and oxygen atoms in total. The van der Waals surface area contributed by atoms with Gasteiger partial charge in [-0.15, -0.1) is 0 Å². The average molecular weight is 268 g/mol. The summed E-state index contributed by atoms with van der Waals surface area (Å²) < 4.78 is 60.9. The van der Waals surface area contributed by atoms with Gasteiger partial charge in [-0.05, 0) is 24.6 Å². The number of nitrogen functional groups attached to an aromatic ring is 1. The van der Waals surface area contributed by atoms with E-state index in [0.717, 1.165) is 6.07 Å². The van der Waals surface area contributed by atoms with E-state index in [1.165, 1.54) is 17.4 Å². The lowest BCUT2D eigenvalue weighted by Gasteiger charge is -2.18. The summed E-state index contributed by atoms with van der Waals surface area (Å²) in [5.41, 5.74) is 5.98. The second kappa shape index (κ2) is 4.43. The normalized spacial score (nSPS) is 12.3. The fourth-order valence-corrected chi connectivity index (χ4v) is 1.06. The molecular formula is C10H9F5N2O. The third-order valence-electron chi connectivity index (χ3n) is 2.18. The first-order chi connectivity index (χ1) is 8.05. The molecule has 0 aliphatic carbocycles. The molecule has 0 aliphatic heterocycles. The van der Waals surface area contributed by atoms with Crippen molar-refractivity contribution in [2.45, 2.75) is 19.0 Å². The van der Waals surface area contributed by atoms with Crippen LogP contribution >= 0.6 is 0 Å². The molecule has 1 aromatic rings. The molecule has 0 unspecified atom stereocenters. The Morgan fingerprint density at radius 2 is 1.78 bits per heavy atom. The van der Waals surface area contributed by atoms with Crippen molar-refractivity contribution in [1.82, 2.24) is 0 Å². The van der Waals surface area contributed by atoms with Gasteiger partial charge in [-0.1, -0.05) is 6.07 Å². The summed E-state index contributed by atoms with van der Waals surface area (Å²) in [6.07, 6.45) is -5.94. The third kappa shape index (κ3) is 2.69. The van der Waals surface area contributed by atoms with Gasteiger partial charge in [-0.25, -0.2) is 0 Å². The van der Waals surface area contributed by atoms with Crippen LogP contribution in [0.3, 0.4) is 0 Å². The van der Waals surface area contributed by atoms with Crippen LogP contribution in [0.2, 0.25) is 0 Å². The quantitative estimate of drug-likeness (QED) is 0.640. The predicted octanol–water partition coefficient (Wildman–Crippen LogP) is 2.71. The molecule has 0 bridgehead atoms. The van der Waals surface area contributed by atoms with Gasteiger partial charge >= 0.3 is 18.0 Å². The van der Waals surface area contributed by atoms with Gasteiger partial charge in [0.05, 0.1) is 0 Å². The number of rotatable bonds is 2. The van der Waals surface area contributed by atoms with E-state index in [0.29, 0.717) is 5.56 Å². The Bertz CT molecular complexity index is 470. The van der Waals surface area contributed by atoms with E-state index < -0.39 is 18.0 Å². The number of alkyl halides is 5. The number of halogens is 5. The van der Waals surface area contributed by atoms with E-state index in [9.17, 15) is 26.7 Å². The molecule has 0 fully saturated rings. The van der Waals surface area contributed by atoms with Gasteiger partial charge in [-0.2, -0.15) is 22.0 Å². The minimum absolute atomic E-state index is 0.170. The van der Waals surface area contributed by atoms with Crippen LogP contribution in [0.1, 0.15) is 5.56 Å². The molecule has 8 heteroatoms. The fourth-order valence-electron chi connectivity index (χ4n) is 1.06. The number of anilines is 2. The highest BCUT2D eigenvalue weighted by Gasteiger charge is 2.63. The molecule has 18 heavy (non-hydrogen) atoms. The van der Waals surface area contributed by atoms with Gasteiger partial charge in [0.15, 0.2) is 0 Å². The molecular weight excluding hydrogens is 259 g/mol. The standard InChI is InChI=1S/C10H9F5N2O/c1-5-2-3-6(4-7(5)16)17-8(18)9(11,12)10(13,14)15/h2-4H,16H2,1H3,(H,17,18). The first kappa shape index (κ1) is 14.2. The first-order valence-electron chi connectivity index (χ1n) is 4.68. The van der Waals surface area contributed by atoms with Crippen LogP contribution in [-0.2, 0) is 4.79 Å². The number of carbonyl (C=O) groups excluding carboxylic acids is 1. The van der Waals surface area contributed by atoms with Crippen molar-refractivity contribution in [3.05, 3.63) is 23.8 Å². The zero-order chi connectivity index (χ0) is 14.1. The number of hydrogen-bond donors (Lipinski definition) is 2. The van der Waals surface area contributed by atoms with Crippen LogP contribution in [0.25, 0.3) is 0 Å². The monoisotopic (exact) mass is 268 g/mol. The number of carbonyl (C=O) groups is 1. The van der Waals surface area contributed by atoms with E-state index in [2.05, 4.69) is 0 Å². The summed E-state index contributed by atoms with van der Waals surface area (Å²) >= 11 is 0. The summed E-state index contributed by atoms with van der Waals surface area (Å²) in [7, 11) is 0. The van der Waals surface area contributed by atoms with Gasteiger partial charge in [0, 0.05) is 11.4 Å². The summed E-state index contributed by atoms with van der Waals surface area (Å²) in [5, 5.41) is 1.47. The Kier molecular flexibility index (Phi) is 3.50. The van der Waals surface area contributed by atoms with E-state index >= 15 is 0 Å². The van der Waals surface area contributed by atoms with Crippen molar-refractivity contribution in [1.29, 1.82) is 0 Å². The summed E-state index contributed by atoms with van der Waals surface area (Å²) in [4.78, 5) is 10.9. The molecule has 0 atom stereocenters. The number of nitrogens with two attached hydrogens (primary N) is 1. The molecule has 0 radical (unpaired) electrons. The first-order valence-corrected chi connectivity index (χ1v) is 4.68. The fraction of sp³-hybridized carbons (Fsp3) is 0.300. The number of nitrogens with one attached hydrogen (secondary N) is 1. The van der Waals surface area contributed by atoms with Gasteiger partial charge < -0.3 is 11.1 Å². The number of aryl methyl sites for hydroxylation is 1. The summed E-state index contributed by atoms with van der Waals surface area (Å²) in [6, 6.07) is 3.66. The van der Waals surface area contributed by atoms with Crippen molar-refractivity contribution in [3.8, 4) is 0 Å². The second-order valence-corrected chi connectivity index (χ2v) is 3.60. The molecule has 0 heterocycles. The van der Waals surface area contributed by atoms with Gasteiger partial charge in [-0.3, -0.25) is 4.79 Å². The highest BCUT2D eigenvalue weighted by molar-refractivity contribution is 5.97. The maximum atomic E-state index is 12.6. The van der Waals surface area contributed by atoms with E-state index in [1.807, 2.05) is 0 Å².